The Morgan fingerprint density at radius 3 is 2.38 bits per heavy atom. The molecule has 0 aliphatic heterocycles. The molecule has 0 radical (unpaired) electrons. The SMILES string of the molecule is COC(=O)c1ccc(F)cc1S(=O)(=O)NC(C)(C)C(N)=O. The summed E-state index contributed by atoms with van der Waals surface area (Å²) in [6.45, 7) is 2.48. The fourth-order valence-electron chi connectivity index (χ4n) is 1.44. The number of halogens is 1. The molecule has 21 heavy (non-hydrogen) atoms. The zero-order chi connectivity index (χ0) is 16.4. The molecule has 0 atom stereocenters. The van der Waals surface area contributed by atoms with Crippen molar-refractivity contribution in [3.8, 4) is 0 Å². The van der Waals surface area contributed by atoms with Crippen LogP contribution >= 0.6 is 0 Å². The van der Waals surface area contributed by atoms with Gasteiger partial charge in [-0.3, -0.25) is 4.79 Å². The van der Waals surface area contributed by atoms with Crippen LogP contribution < -0.4 is 10.5 Å². The molecule has 0 spiro atoms. The van der Waals surface area contributed by atoms with Crippen LogP contribution in [-0.4, -0.2) is 32.9 Å². The van der Waals surface area contributed by atoms with Crippen LogP contribution in [0.1, 0.15) is 24.2 Å². The molecule has 0 bridgehead atoms. The number of nitrogens with one attached hydrogen (secondary N) is 1. The number of amides is 1. The van der Waals surface area contributed by atoms with Crippen LogP contribution in [0.15, 0.2) is 23.1 Å². The number of methoxy groups -OCH3 is 1. The van der Waals surface area contributed by atoms with E-state index in [0.29, 0.717) is 6.07 Å². The summed E-state index contributed by atoms with van der Waals surface area (Å²) in [7, 11) is -3.30. The molecule has 0 heterocycles. The van der Waals surface area contributed by atoms with Gasteiger partial charge in [-0.1, -0.05) is 0 Å². The molecule has 0 unspecified atom stereocenters. The summed E-state index contributed by atoms with van der Waals surface area (Å²) < 4.78 is 44.3. The highest BCUT2D eigenvalue weighted by Gasteiger charge is 2.33. The van der Waals surface area contributed by atoms with E-state index < -0.39 is 38.2 Å². The van der Waals surface area contributed by atoms with Crippen LogP contribution in [0, 0.1) is 5.82 Å². The quantitative estimate of drug-likeness (QED) is 0.750. The van der Waals surface area contributed by atoms with Crippen molar-refractivity contribution in [1.29, 1.82) is 0 Å². The van der Waals surface area contributed by atoms with Gasteiger partial charge in [-0.2, -0.15) is 4.72 Å². The van der Waals surface area contributed by atoms with Gasteiger partial charge in [0.25, 0.3) is 0 Å². The predicted molar refractivity (Wildman–Crippen MR) is 71.3 cm³/mol. The van der Waals surface area contributed by atoms with Gasteiger partial charge >= 0.3 is 5.97 Å². The summed E-state index contributed by atoms with van der Waals surface area (Å²) >= 11 is 0. The fourth-order valence-corrected chi connectivity index (χ4v) is 3.03. The van der Waals surface area contributed by atoms with Crippen LogP contribution in [0.25, 0.3) is 0 Å². The maximum absolute atomic E-state index is 13.3. The Bertz CT molecular complexity index is 685. The highest BCUT2D eigenvalue weighted by atomic mass is 32.2. The number of ether oxygens (including phenoxy) is 1. The fraction of sp³-hybridized carbons (Fsp3) is 0.333. The summed E-state index contributed by atoms with van der Waals surface area (Å²) in [5, 5.41) is 0. The van der Waals surface area contributed by atoms with Crippen molar-refractivity contribution in [2.24, 2.45) is 5.73 Å². The van der Waals surface area contributed by atoms with Crippen LogP contribution in [0.5, 0.6) is 0 Å². The number of carbonyl (C=O) groups is 2. The molecule has 1 aromatic carbocycles. The van der Waals surface area contributed by atoms with E-state index in [2.05, 4.69) is 4.74 Å². The molecule has 0 aliphatic carbocycles. The molecule has 0 aromatic heterocycles. The second-order valence-corrected chi connectivity index (χ2v) is 6.38. The largest absolute Gasteiger partial charge is 0.465 e. The van der Waals surface area contributed by atoms with E-state index in [0.717, 1.165) is 19.2 Å². The van der Waals surface area contributed by atoms with Crippen molar-refractivity contribution in [3.05, 3.63) is 29.6 Å². The number of hydrogen-bond acceptors (Lipinski definition) is 5. The molecule has 116 valence electrons. The van der Waals surface area contributed by atoms with E-state index in [1.165, 1.54) is 13.8 Å². The molecule has 1 amide bonds. The molecular weight excluding hydrogens is 303 g/mol. The lowest BCUT2D eigenvalue weighted by atomic mass is 10.1. The number of primary amides is 1. The first kappa shape index (κ1) is 17.1. The Morgan fingerprint density at radius 1 is 1.33 bits per heavy atom. The lowest BCUT2D eigenvalue weighted by Gasteiger charge is -2.22. The molecule has 0 saturated carbocycles. The predicted octanol–water partition coefficient (Wildman–Crippen LogP) is 0.154. The standard InChI is InChI=1S/C12H15FN2O5S/c1-12(2,11(14)17)15-21(18,19)9-6-7(13)4-5-8(9)10(16)20-3/h4-6,15H,1-3H3,(H2,14,17). The number of hydrogen-bond donors (Lipinski definition) is 2. The molecular formula is C12H15FN2O5S. The number of benzene rings is 1. The lowest BCUT2D eigenvalue weighted by molar-refractivity contribution is -0.122. The number of sulfonamides is 1. The number of nitrogens with two attached hydrogens (primary N) is 1. The zero-order valence-corrected chi connectivity index (χ0v) is 12.5. The van der Waals surface area contributed by atoms with Gasteiger partial charge in [0.2, 0.25) is 15.9 Å². The molecule has 1 rings (SSSR count). The van der Waals surface area contributed by atoms with Crippen LogP contribution in [0.2, 0.25) is 0 Å². The highest BCUT2D eigenvalue weighted by molar-refractivity contribution is 7.89. The van der Waals surface area contributed by atoms with Crippen LogP contribution in [0.4, 0.5) is 4.39 Å². The Labute approximate surface area is 121 Å². The minimum atomic E-state index is -4.36. The average Bonchev–Trinajstić information content (AvgIpc) is 2.36. The van der Waals surface area contributed by atoms with Crippen molar-refractivity contribution >= 4 is 21.9 Å². The van der Waals surface area contributed by atoms with Gasteiger partial charge in [0.1, 0.15) is 11.4 Å². The Balaban J connectivity index is 3.41. The van der Waals surface area contributed by atoms with E-state index in [-0.39, 0.29) is 5.56 Å². The smallest absolute Gasteiger partial charge is 0.339 e. The monoisotopic (exact) mass is 318 g/mol. The summed E-state index contributed by atoms with van der Waals surface area (Å²) in [5.41, 5.74) is 3.11. The summed E-state index contributed by atoms with van der Waals surface area (Å²) in [6.07, 6.45) is 0. The van der Waals surface area contributed by atoms with E-state index in [9.17, 15) is 22.4 Å². The van der Waals surface area contributed by atoms with Crippen LogP contribution in [0.3, 0.4) is 0 Å². The first-order valence-electron chi connectivity index (χ1n) is 5.73. The normalized spacial score (nSPS) is 12.0. The van der Waals surface area contributed by atoms with Crippen molar-refractivity contribution < 1.29 is 27.1 Å². The third-order valence-electron chi connectivity index (χ3n) is 2.64. The van der Waals surface area contributed by atoms with Gasteiger partial charge in [-0.25, -0.2) is 17.6 Å². The van der Waals surface area contributed by atoms with Crippen molar-refractivity contribution in [3.63, 3.8) is 0 Å². The first-order chi connectivity index (χ1) is 9.51. The summed E-state index contributed by atoms with van der Waals surface area (Å²) in [4.78, 5) is 22.1. The number of rotatable bonds is 5. The molecule has 0 aliphatic rings. The lowest BCUT2D eigenvalue weighted by Crippen LogP contribution is -2.53. The van der Waals surface area contributed by atoms with Gasteiger partial charge in [-0.15, -0.1) is 0 Å². The van der Waals surface area contributed by atoms with Crippen molar-refractivity contribution in [1.82, 2.24) is 4.72 Å². The van der Waals surface area contributed by atoms with E-state index in [1.54, 1.807) is 0 Å². The van der Waals surface area contributed by atoms with E-state index in [1.807, 2.05) is 4.72 Å². The Morgan fingerprint density at radius 2 is 1.90 bits per heavy atom. The molecule has 0 saturated heterocycles. The van der Waals surface area contributed by atoms with Crippen molar-refractivity contribution in [2.45, 2.75) is 24.3 Å². The summed E-state index contributed by atoms with van der Waals surface area (Å²) in [5.74, 6) is -2.74. The van der Waals surface area contributed by atoms with Gasteiger partial charge in [-0.05, 0) is 32.0 Å². The maximum atomic E-state index is 13.3. The summed E-state index contributed by atoms with van der Waals surface area (Å²) in [6, 6.07) is 2.56. The van der Waals surface area contributed by atoms with Gasteiger partial charge in [0.05, 0.1) is 17.6 Å². The second-order valence-electron chi connectivity index (χ2n) is 4.73. The first-order valence-corrected chi connectivity index (χ1v) is 7.21. The number of carbonyl (C=O) groups excluding carboxylic acids is 2. The second kappa shape index (κ2) is 5.78. The molecule has 0 fully saturated rings. The van der Waals surface area contributed by atoms with Gasteiger partial charge in [0.15, 0.2) is 0 Å². The zero-order valence-electron chi connectivity index (χ0n) is 11.6. The molecule has 3 N–H and O–H groups in total. The molecule has 1 aromatic rings. The third kappa shape index (κ3) is 3.76. The topological polar surface area (TPSA) is 116 Å². The Kier molecular flexibility index (Phi) is 4.69. The third-order valence-corrected chi connectivity index (χ3v) is 4.34. The minimum Gasteiger partial charge on any atom is -0.465 e. The van der Waals surface area contributed by atoms with E-state index in [4.69, 9.17) is 5.73 Å². The van der Waals surface area contributed by atoms with Crippen molar-refractivity contribution in [2.75, 3.05) is 7.11 Å². The molecule has 7 nitrogen and oxygen atoms in total. The van der Waals surface area contributed by atoms with Gasteiger partial charge < -0.3 is 10.5 Å². The maximum Gasteiger partial charge on any atom is 0.339 e. The van der Waals surface area contributed by atoms with Gasteiger partial charge in [0, 0.05) is 0 Å². The average molecular weight is 318 g/mol. The van der Waals surface area contributed by atoms with E-state index >= 15 is 0 Å². The Hall–Kier alpha value is -2.00. The highest BCUT2D eigenvalue weighted by Crippen LogP contribution is 2.20. The molecule has 9 heteroatoms. The number of esters is 1. The minimum absolute atomic E-state index is 0.355. The van der Waals surface area contributed by atoms with Crippen LogP contribution in [-0.2, 0) is 19.6 Å².